The lowest BCUT2D eigenvalue weighted by Gasteiger charge is -2.06. The van der Waals surface area contributed by atoms with Crippen molar-refractivity contribution in [1.82, 2.24) is 4.98 Å². The Morgan fingerprint density at radius 1 is 1.07 bits per heavy atom. The van der Waals surface area contributed by atoms with Crippen molar-refractivity contribution in [1.29, 1.82) is 0 Å². The van der Waals surface area contributed by atoms with E-state index in [2.05, 4.69) is 36.2 Å². The molecule has 0 unspecified atom stereocenters. The molecule has 0 aliphatic rings. The molecule has 0 radical (unpaired) electrons. The molecular weight excluding hydrogens is 186 g/mol. The zero-order valence-electron chi connectivity index (χ0n) is 8.90. The molecule has 0 saturated heterocycles. The van der Waals surface area contributed by atoms with Crippen LogP contribution in [0, 0.1) is 6.92 Å². The van der Waals surface area contributed by atoms with Gasteiger partial charge in [0, 0.05) is 11.8 Å². The minimum atomic E-state index is 0.807. The van der Waals surface area contributed by atoms with Gasteiger partial charge >= 0.3 is 0 Å². The summed E-state index contributed by atoms with van der Waals surface area (Å²) >= 11 is 0. The van der Waals surface area contributed by atoms with Gasteiger partial charge in [-0.3, -0.25) is 4.98 Å². The second-order valence-corrected chi connectivity index (χ2v) is 3.42. The summed E-state index contributed by atoms with van der Waals surface area (Å²) in [6.45, 7) is 2.07. The van der Waals surface area contributed by atoms with Gasteiger partial charge in [0.1, 0.15) is 11.4 Å². The summed E-state index contributed by atoms with van der Waals surface area (Å²) in [5.74, 6) is 0.807. The van der Waals surface area contributed by atoms with Gasteiger partial charge in [0.15, 0.2) is 0 Å². The number of methoxy groups -OCH3 is 1. The van der Waals surface area contributed by atoms with Crippen molar-refractivity contribution in [3.63, 3.8) is 0 Å². The van der Waals surface area contributed by atoms with Crippen LogP contribution in [0.4, 0.5) is 0 Å². The number of pyridine rings is 1. The Balaban J connectivity index is 2.49. The summed E-state index contributed by atoms with van der Waals surface area (Å²) in [6.07, 6.45) is 1.78. The third-order valence-corrected chi connectivity index (χ3v) is 2.32. The van der Waals surface area contributed by atoms with Crippen LogP contribution in [0.15, 0.2) is 42.6 Å². The minimum absolute atomic E-state index is 0.807. The third kappa shape index (κ3) is 1.99. The molecule has 1 heterocycles. The normalized spacial score (nSPS) is 10.0. The van der Waals surface area contributed by atoms with Crippen LogP contribution in [0.3, 0.4) is 0 Å². The quantitative estimate of drug-likeness (QED) is 0.741. The number of nitrogens with zero attached hydrogens (tertiary/aromatic N) is 1. The Labute approximate surface area is 89.6 Å². The van der Waals surface area contributed by atoms with E-state index in [1.54, 1.807) is 13.3 Å². The molecule has 2 nitrogen and oxygen atoms in total. The highest BCUT2D eigenvalue weighted by Gasteiger charge is 2.05. The van der Waals surface area contributed by atoms with Crippen molar-refractivity contribution in [2.75, 3.05) is 7.11 Å². The van der Waals surface area contributed by atoms with Crippen LogP contribution < -0.4 is 4.74 Å². The number of aryl methyl sites for hydroxylation is 1. The summed E-state index contributed by atoms with van der Waals surface area (Å²) in [5, 5.41) is 0. The zero-order chi connectivity index (χ0) is 10.7. The van der Waals surface area contributed by atoms with Crippen molar-refractivity contribution in [2.24, 2.45) is 0 Å². The second-order valence-electron chi connectivity index (χ2n) is 3.42. The minimum Gasteiger partial charge on any atom is -0.494 e. The molecule has 0 atom stereocenters. The molecule has 76 valence electrons. The highest BCUT2D eigenvalue weighted by atomic mass is 16.5. The molecule has 2 rings (SSSR count). The molecule has 0 aliphatic heterocycles. The van der Waals surface area contributed by atoms with Gasteiger partial charge in [-0.05, 0) is 19.1 Å². The van der Waals surface area contributed by atoms with Crippen molar-refractivity contribution >= 4 is 0 Å². The monoisotopic (exact) mass is 199 g/mol. The van der Waals surface area contributed by atoms with Crippen LogP contribution in [-0.2, 0) is 0 Å². The number of hydrogen-bond donors (Lipinski definition) is 0. The molecule has 0 fully saturated rings. The summed E-state index contributed by atoms with van der Waals surface area (Å²) in [5.41, 5.74) is 3.21. The second kappa shape index (κ2) is 4.13. The highest BCUT2D eigenvalue weighted by molar-refractivity contribution is 5.66. The van der Waals surface area contributed by atoms with E-state index in [0.29, 0.717) is 0 Å². The van der Waals surface area contributed by atoms with Crippen LogP contribution in [-0.4, -0.2) is 12.1 Å². The van der Waals surface area contributed by atoms with Gasteiger partial charge in [-0.1, -0.05) is 29.8 Å². The van der Waals surface area contributed by atoms with Gasteiger partial charge in [-0.25, -0.2) is 0 Å². The fourth-order valence-electron chi connectivity index (χ4n) is 1.48. The van der Waals surface area contributed by atoms with E-state index >= 15 is 0 Å². The van der Waals surface area contributed by atoms with Gasteiger partial charge in [-0.2, -0.15) is 0 Å². The average Bonchev–Trinajstić information content (AvgIpc) is 2.30. The van der Waals surface area contributed by atoms with Crippen LogP contribution in [0.1, 0.15) is 5.56 Å². The van der Waals surface area contributed by atoms with Gasteiger partial charge in [0.2, 0.25) is 0 Å². The lowest BCUT2D eigenvalue weighted by molar-refractivity contribution is 0.415. The molecule has 0 N–H and O–H groups in total. The first-order valence-corrected chi connectivity index (χ1v) is 4.87. The predicted octanol–water partition coefficient (Wildman–Crippen LogP) is 3.07. The Morgan fingerprint density at radius 2 is 1.80 bits per heavy atom. The Bertz CT molecular complexity index is 448. The van der Waals surface area contributed by atoms with Crippen molar-refractivity contribution in [3.05, 3.63) is 48.2 Å². The van der Waals surface area contributed by atoms with E-state index in [1.807, 2.05) is 12.1 Å². The largest absolute Gasteiger partial charge is 0.494 e. The molecule has 2 heteroatoms. The van der Waals surface area contributed by atoms with Gasteiger partial charge in [0.05, 0.1) is 7.11 Å². The zero-order valence-corrected chi connectivity index (χ0v) is 8.90. The maximum absolute atomic E-state index is 5.27. The molecule has 0 amide bonds. The number of benzene rings is 1. The third-order valence-electron chi connectivity index (χ3n) is 2.32. The van der Waals surface area contributed by atoms with Gasteiger partial charge < -0.3 is 4.74 Å². The molecule has 0 spiro atoms. The summed E-state index contributed by atoms with van der Waals surface area (Å²) < 4.78 is 5.27. The van der Waals surface area contributed by atoms with E-state index in [1.165, 1.54) is 5.56 Å². The van der Waals surface area contributed by atoms with E-state index in [0.717, 1.165) is 17.0 Å². The molecule has 0 bridgehead atoms. The molecule has 0 saturated carbocycles. The van der Waals surface area contributed by atoms with Gasteiger partial charge in [0.25, 0.3) is 0 Å². The highest BCUT2D eigenvalue weighted by Crippen LogP contribution is 2.26. The first-order valence-electron chi connectivity index (χ1n) is 4.87. The molecular formula is C13H13NO. The van der Waals surface area contributed by atoms with Crippen LogP contribution >= 0.6 is 0 Å². The molecule has 1 aromatic carbocycles. The number of ether oxygens (including phenoxy) is 1. The molecule has 0 aliphatic carbocycles. The number of rotatable bonds is 2. The summed E-state index contributed by atoms with van der Waals surface area (Å²) in [6, 6.07) is 12.0. The SMILES string of the molecule is COc1cccnc1-c1ccc(C)cc1. The predicted molar refractivity (Wildman–Crippen MR) is 61.0 cm³/mol. The van der Waals surface area contributed by atoms with Gasteiger partial charge in [-0.15, -0.1) is 0 Å². The summed E-state index contributed by atoms with van der Waals surface area (Å²) in [4.78, 5) is 4.32. The van der Waals surface area contributed by atoms with Crippen molar-refractivity contribution in [2.45, 2.75) is 6.92 Å². The van der Waals surface area contributed by atoms with Crippen LogP contribution in [0.2, 0.25) is 0 Å². The Kier molecular flexibility index (Phi) is 2.68. The fourth-order valence-corrected chi connectivity index (χ4v) is 1.48. The smallest absolute Gasteiger partial charge is 0.145 e. The Hall–Kier alpha value is -1.83. The lowest BCUT2D eigenvalue weighted by atomic mass is 10.1. The number of hydrogen-bond acceptors (Lipinski definition) is 2. The first-order chi connectivity index (χ1) is 7.31. The fraction of sp³-hybridized carbons (Fsp3) is 0.154. The van der Waals surface area contributed by atoms with E-state index in [9.17, 15) is 0 Å². The van der Waals surface area contributed by atoms with E-state index in [-0.39, 0.29) is 0 Å². The van der Waals surface area contributed by atoms with Crippen molar-refractivity contribution < 1.29 is 4.74 Å². The van der Waals surface area contributed by atoms with Crippen LogP contribution in [0.5, 0.6) is 5.75 Å². The van der Waals surface area contributed by atoms with E-state index in [4.69, 9.17) is 4.74 Å². The lowest BCUT2D eigenvalue weighted by Crippen LogP contribution is -1.90. The maximum atomic E-state index is 5.27. The molecule has 1 aromatic heterocycles. The van der Waals surface area contributed by atoms with Crippen molar-refractivity contribution in [3.8, 4) is 17.0 Å². The topological polar surface area (TPSA) is 22.1 Å². The maximum Gasteiger partial charge on any atom is 0.145 e. The average molecular weight is 199 g/mol. The summed E-state index contributed by atoms with van der Waals surface area (Å²) in [7, 11) is 1.66. The Morgan fingerprint density at radius 3 is 2.47 bits per heavy atom. The van der Waals surface area contributed by atoms with E-state index < -0.39 is 0 Å². The number of aromatic nitrogens is 1. The van der Waals surface area contributed by atoms with Crippen LogP contribution in [0.25, 0.3) is 11.3 Å². The molecule has 2 aromatic rings. The molecule has 15 heavy (non-hydrogen) atoms. The standard InChI is InChI=1S/C13H13NO/c1-10-5-7-11(8-6-10)13-12(15-2)4-3-9-14-13/h3-9H,1-2H3. The first kappa shape index (κ1) is 9.71.